The highest BCUT2D eigenvalue weighted by atomic mass is 32.2. The Bertz CT molecular complexity index is 1190. The zero-order valence-corrected chi connectivity index (χ0v) is 25.7. The average molecular weight is 543 g/mol. The minimum atomic E-state index is -0.160. The molecular formula is C30H46N4O3S. The van der Waals surface area contributed by atoms with Crippen LogP contribution < -0.4 is 10.4 Å². The van der Waals surface area contributed by atoms with Gasteiger partial charge in [0.1, 0.15) is 12.3 Å². The van der Waals surface area contributed by atoms with Crippen LogP contribution in [0.4, 0.5) is 0 Å². The van der Waals surface area contributed by atoms with Gasteiger partial charge in [0.15, 0.2) is 0 Å². The van der Waals surface area contributed by atoms with E-state index in [1.54, 1.807) is 26.6 Å². The Morgan fingerprint density at radius 3 is 2.05 bits per heavy atom. The summed E-state index contributed by atoms with van der Waals surface area (Å²) in [5.41, 5.74) is 3.23. The molecule has 0 aliphatic carbocycles. The summed E-state index contributed by atoms with van der Waals surface area (Å²) < 4.78 is 8.91. The molecule has 7 nitrogen and oxygen atoms in total. The maximum Gasteiger partial charge on any atom is 0.328 e. The highest BCUT2D eigenvalue weighted by molar-refractivity contribution is 8.14. The van der Waals surface area contributed by atoms with E-state index in [2.05, 4.69) is 60.6 Å². The maximum absolute atomic E-state index is 12.8. The molecule has 8 heteroatoms. The highest BCUT2D eigenvalue weighted by Crippen LogP contribution is 2.42. The van der Waals surface area contributed by atoms with Crippen LogP contribution in [0.1, 0.15) is 78.0 Å². The van der Waals surface area contributed by atoms with E-state index in [0.717, 1.165) is 42.3 Å². The molecule has 2 aromatic rings. The average Bonchev–Trinajstić information content (AvgIpc) is 3.17. The zero-order chi connectivity index (χ0) is 28.4. The van der Waals surface area contributed by atoms with Gasteiger partial charge in [0, 0.05) is 61.5 Å². The van der Waals surface area contributed by atoms with Crippen LogP contribution in [0, 0.1) is 5.92 Å². The van der Waals surface area contributed by atoms with Crippen LogP contribution >= 0.6 is 11.8 Å². The number of nitrogens with zero attached hydrogens (tertiary/aromatic N) is 4. The zero-order valence-electron chi connectivity index (χ0n) is 24.9. The summed E-state index contributed by atoms with van der Waals surface area (Å²) in [5.74, 6) is 1.47. The molecule has 38 heavy (non-hydrogen) atoms. The van der Waals surface area contributed by atoms with Crippen LogP contribution in [-0.4, -0.2) is 57.5 Å². The Labute approximate surface area is 232 Å². The molecular weight excluding hydrogens is 496 g/mol. The van der Waals surface area contributed by atoms with Crippen molar-refractivity contribution >= 4 is 22.7 Å². The lowest BCUT2D eigenvalue weighted by atomic mass is 9.78. The van der Waals surface area contributed by atoms with Gasteiger partial charge >= 0.3 is 5.69 Å². The summed E-state index contributed by atoms with van der Waals surface area (Å²) in [5, 5.41) is 1.40. The lowest BCUT2D eigenvalue weighted by Crippen LogP contribution is -2.43. The minimum Gasteiger partial charge on any atom is -0.496 e. The molecule has 1 aliphatic rings. The molecule has 2 heterocycles. The van der Waals surface area contributed by atoms with E-state index in [4.69, 9.17) is 9.73 Å². The molecule has 1 aromatic carbocycles. The third kappa shape index (κ3) is 6.74. The van der Waals surface area contributed by atoms with Gasteiger partial charge in [-0.25, -0.2) is 4.79 Å². The Morgan fingerprint density at radius 2 is 1.63 bits per heavy atom. The first kappa shape index (κ1) is 30.1. The van der Waals surface area contributed by atoms with Gasteiger partial charge in [0.25, 0.3) is 0 Å². The molecule has 0 N–H and O–H groups in total. The van der Waals surface area contributed by atoms with Crippen LogP contribution in [0.15, 0.2) is 34.3 Å². The first-order chi connectivity index (χ1) is 17.7. The number of hydrogen-bond acceptors (Lipinski definition) is 5. The summed E-state index contributed by atoms with van der Waals surface area (Å²) in [4.78, 5) is 31.5. The van der Waals surface area contributed by atoms with Gasteiger partial charge in [0.2, 0.25) is 5.91 Å². The number of aromatic nitrogens is 2. The van der Waals surface area contributed by atoms with Crippen LogP contribution in [0.2, 0.25) is 0 Å². The van der Waals surface area contributed by atoms with Gasteiger partial charge in [-0.3, -0.25) is 14.4 Å². The molecule has 210 valence electrons. The van der Waals surface area contributed by atoms with E-state index in [1.165, 1.54) is 20.3 Å². The molecule has 1 aromatic heterocycles. The molecule has 1 aliphatic heterocycles. The number of piperidine rings is 1. The number of ether oxygens (including phenoxy) is 1. The van der Waals surface area contributed by atoms with Gasteiger partial charge in [-0.15, -0.1) is 11.8 Å². The number of aryl methyl sites for hydroxylation is 1. The Kier molecular flexibility index (Phi) is 9.28. The largest absolute Gasteiger partial charge is 0.496 e. The second-order valence-electron chi connectivity index (χ2n) is 12.5. The molecule has 1 fully saturated rings. The minimum absolute atomic E-state index is 0.00974. The maximum atomic E-state index is 12.8. The van der Waals surface area contributed by atoms with Gasteiger partial charge < -0.3 is 14.2 Å². The van der Waals surface area contributed by atoms with E-state index in [-0.39, 0.29) is 29.0 Å². The van der Waals surface area contributed by atoms with Crippen LogP contribution in [0.3, 0.4) is 0 Å². The molecule has 1 atom stereocenters. The smallest absolute Gasteiger partial charge is 0.328 e. The number of thioether (sulfide) groups is 1. The van der Waals surface area contributed by atoms with E-state index in [1.807, 2.05) is 23.7 Å². The van der Waals surface area contributed by atoms with Crippen molar-refractivity contribution in [3.05, 3.63) is 51.7 Å². The van der Waals surface area contributed by atoms with E-state index < -0.39 is 0 Å². The summed E-state index contributed by atoms with van der Waals surface area (Å²) in [6.45, 7) is 17.2. The molecule has 0 spiro atoms. The van der Waals surface area contributed by atoms with Crippen molar-refractivity contribution in [3.63, 3.8) is 0 Å². The van der Waals surface area contributed by atoms with Crippen molar-refractivity contribution in [2.24, 2.45) is 18.0 Å². The number of carbonyl (C=O) groups excluding carboxylic acids is 1. The van der Waals surface area contributed by atoms with E-state index >= 15 is 0 Å². The van der Waals surface area contributed by atoms with Crippen LogP contribution in [0.5, 0.6) is 5.75 Å². The fraction of sp³-hybridized carbons (Fsp3) is 0.633. The lowest BCUT2D eigenvalue weighted by Gasteiger charge is -2.35. The summed E-state index contributed by atoms with van der Waals surface area (Å²) in [6.07, 6.45) is 5.26. The number of benzene rings is 1. The fourth-order valence-electron chi connectivity index (χ4n) is 5.10. The number of amides is 1. The Morgan fingerprint density at radius 1 is 1.08 bits per heavy atom. The van der Waals surface area contributed by atoms with E-state index in [0.29, 0.717) is 11.2 Å². The monoisotopic (exact) mass is 542 g/mol. The third-order valence-corrected chi connectivity index (χ3v) is 8.93. The van der Waals surface area contributed by atoms with Crippen molar-refractivity contribution in [2.75, 3.05) is 27.2 Å². The van der Waals surface area contributed by atoms with Gasteiger partial charge in [0.05, 0.1) is 12.2 Å². The van der Waals surface area contributed by atoms with Gasteiger partial charge in [-0.05, 0) is 41.7 Å². The number of methoxy groups -OCH3 is 1. The van der Waals surface area contributed by atoms with Crippen molar-refractivity contribution < 1.29 is 9.53 Å². The first-order valence-electron chi connectivity index (χ1n) is 13.5. The van der Waals surface area contributed by atoms with Crippen molar-refractivity contribution in [2.45, 2.75) is 83.9 Å². The van der Waals surface area contributed by atoms with Gasteiger partial charge in [-0.2, -0.15) is 0 Å². The highest BCUT2D eigenvalue weighted by Gasteiger charge is 2.31. The topological polar surface area (TPSA) is 68.8 Å². The second kappa shape index (κ2) is 11.7. The molecule has 1 amide bonds. The predicted molar refractivity (Wildman–Crippen MR) is 159 cm³/mol. The molecule has 1 saturated heterocycles. The standard InChI is InChI=1S/C30H46N4O3S/c1-20(21-11-13-33(14-12-21)25(35)19-34-16-15-32(9)28(34)36)38-27(31-8)22-17-23(29(2,3)4)26(37-10)24(18-22)30(5,6)7/h15-18,20-21H,11-14,19H2,1-10H3. The van der Waals surface area contributed by atoms with Crippen LogP contribution in [0.25, 0.3) is 0 Å². The van der Waals surface area contributed by atoms with Crippen LogP contribution in [-0.2, 0) is 29.2 Å². The lowest BCUT2D eigenvalue weighted by molar-refractivity contribution is -0.133. The Hall–Kier alpha value is -2.48. The molecule has 0 bridgehead atoms. The molecule has 0 radical (unpaired) electrons. The van der Waals surface area contributed by atoms with Crippen molar-refractivity contribution in [1.29, 1.82) is 0 Å². The quantitative estimate of drug-likeness (QED) is 0.370. The fourth-order valence-corrected chi connectivity index (χ4v) is 6.28. The number of hydrogen-bond donors (Lipinski definition) is 0. The van der Waals surface area contributed by atoms with Gasteiger partial charge in [-0.1, -0.05) is 48.5 Å². The van der Waals surface area contributed by atoms with Crippen molar-refractivity contribution in [1.82, 2.24) is 14.0 Å². The molecule has 0 saturated carbocycles. The summed E-state index contributed by atoms with van der Waals surface area (Å²) >= 11 is 1.83. The number of rotatable bonds is 6. The second-order valence-corrected chi connectivity index (χ2v) is 13.9. The number of imidazole rings is 1. The normalized spacial score (nSPS) is 16.6. The first-order valence-corrected chi connectivity index (χ1v) is 14.4. The Balaban J connectivity index is 1.73. The number of aliphatic imine (C=N–C) groups is 1. The number of carbonyl (C=O) groups is 1. The summed E-state index contributed by atoms with van der Waals surface area (Å²) in [7, 11) is 5.33. The molecule has 1 unspecified atom stereocenters. The SMILES string of the molecule is CN=C(SC(C)C1CCN(C(=O)Cn2ccn(C)c2=O)CC1)c1cc(C(C)(C)C)c(OC)c(C(C)(C)C)c1. The van der Waals surface area contributed by atoms with E-state index in [9.17, 15) is 9.59 Å². The summed E-state index contributed by atoms with van der Waals surface area (Å²) in [6, 6.07) is 4.51. The predicted octanol–water partition coefficient (Wildman–Crippen LogP) is 5.23. The number of likely N-dealkylation sites (tertiary alicyclic amines) is 1. The van der Waals surface area contributed by atoms with Crippen molar-refractivity contribution in [3.8, 4) is 5.75 Å². The molecule has 3 rings (SSSR count). The third-order valence-electron chi connectivity index (χ3n) is 7.54.